The van der Waals surface area contributed by atoms with E-state index in [1.807, 2.05) is 26.0 Å². The van der Waals surface area contributed by atoms with Crippen molar-refractivity contribution in [2.75, 3.05) is 39.8 Å². The van der Waals surface area contributed by atoms with Crippen LogP contribution < -0.4 is 10.1 Å². The molecule has 0 radical (unpaired) electrons. The number of amides is 3. The molecule has 0 spiro atoms. The molecule has 1 aromatic rings. The first kappa shape index (κ1) is 18.1. The van der Waals surface area contributed by atoms with E-state index in [0.717, 1.165) is 12.2 Å². The molecule has 0 saturated carbocycles. The summed E-state index contributed by atoms with van der Waals surface area (Å²) in [6.45, 7) is 6.64. The van der Waals surface area contributed by atoms with E-state index in [9.17, 15) is 9.59 Å². The largest absolute Gasteiger partial charge is 0.497 e. The number of hydrogen-bond acceptors (Lipinski definition) is 3. The van der Waals surface area contributed by atoms with E-state index >= 15 is 0 Å². The van der Waals surface area contributed by atoms with E-state index in [2.05, 4.69) is 17.4 Å². The third-order valence-electron chi connectivity index (χ3n) is 4.57. The van der Waals surface area contributed by atoms with Gasteiger partial charge >= 0.3 is 6.03 Å². The van der Waals surface area contributed by atoms with Gasteiger partial charge in [-0.15, -0.1) is 0 Å². The molecule has 1 aliphatic heterocycles. The molecule has 2 rings (SSSR count). The fourth-order valence-corrected chi connectivity index (χ4v) is 3.04. The van der Waals surface area contributed by atoms with Gasteiger partial charge in [-0.05, 0) is 38.0 Å². The second-order valence-corrected chi connectivity index (χ2v) is 5.93. The van der Waals surface area contributed by atoms with Gasteiger partial charge in [-0.2, -0.15) is 0 Å². The zero-order chi connectivity index (χ0) is 17.5. The van der Waals surface area contributed by atoms with Crippen LogP contribution in [0, 0.1) is 0 Å². The fourth-order valence-electron chi connectivity index (χ4n) is 3.04. The molecular formula is C18H27N3O3. The van der Waals surface area contributed by atoms with Gasteiger partial charge in [0.25, 0.3) is 0 Å². The summed E-state index contributed by atoms with van der Waals surface area (Å²) in [6.07, 6.45) is 0.934. The van der Waals surface area contributed by atoms with E-state index in [-0.39, 0.29) is 18.5 Å². The third kappa shape index (κ3) is 4.40. The lowest BCUT2D eigenvalue weighted by atomic mass is 9.98. The molecule has 24 heavy (non-hydrogen) atoms. The zero-order valence-electron chi connectivity index (χ0n) is 14.7. The van der Waals surface area contributed by atoms with Gasteiger partial charge in [0.05, 0.1) is 13.7 Å². The minimum Gasteiger partial charge on any atom is -0.497 e. The van der Waals surface area contributed by atoms with Gasteiger partial charge in [-0.1, -0.05) is 12.1 Å². The SMILES string of the molecule is CCN(CC)C(=O)CNC(=O)N1CC[C@H](c2ccc(OC)cc2)C1. The normalized spacial score (nSPS) is 16.8. The number of nitrogens with zero attached hydrogens (tertiary/aromatic N) is 2. The van der Waals surface area contributed by atoms with Crippen LogP contribution in [0.25, 0.3) is 0 Å². The lowest BCUT2D eigenvalue weighted by Crippen LogP contribution is -2.44. The standard InChI is InChI=1S/C18H27N3O3/c1-4-20(5-2)17(22)12-19-18(23)21-11-10-15(13-21)14-6-8-16(24-3)9-7-14/h6-9,15H,4-5,10-13H2,1-3H3,(H,19,23)/t15-/m0/s1. The van der Waals surface area contributed by atoms with Gasteiger partial charge in [0.2, 0.25) is 5.91 Å². The second kappa shape index (κ2) is 8.57. The summed E-state index contributed by atoms with van der Waals surface area (Å²) in [7, 11) is 1.65. The Labute approximate surface area is 143 Å². The van der Waals surface area contributed by atoms with Gasteiger partial charge in [-0.3, -0.25) is 4.79 Å². The van der Waals surface area contributed by atoms with Crippen LogP contribution in [0.3, 0.4) is 0 Å². The number of nitrogens with one attached hydrogen (secondary N) is 1. The maximum atomic E-state index is 12.3. The van der Waals surface area contributed by atoms with E-state index in [1.165, 1.54) is 5.56 Å². The van der Waals surface area contributed by atoms with Crippen molar-refractivity contribution in [2.24, 2.45) is 0 Å². The summed E-state index contributed by atoms with van der Waals surface area (Å²) >= 11 is 0. The molecule has 0 unspecified atom stereocenters. The first-order valence-electron chi connectivity index (χ1n) is 8.53. The van der Waals surface area contributed by atoms with Crippen LogP contribution in [0.5, 0.6) is 5.75 Å². The quantitative estimate of drug-likeness (QED) is 0.867. The van der Waals surface area contributed by atoms with E-state index in [0.29, 0.717) is 32.1 Å². The third-order valence-corrected chi connectivity index (χ3v) is 4.57. The van der Waals surface area contributed by atoms with E-state index < -0.39 is 0 Å². The second-order valence-electron chi connectivity index (χ2n) is 5.93. The molecule has 1 heterocycles. The van der Waals surface area contributed by atoms with Crippen molar-refractivity contribution in [3.63, 3.8) is 0 Å². The topological polar surface area (TPSA) is 61.9 Å². The Morgan fingerprint density at radius 2 is 1.92 bits per heavy atom. The molecule has 0 bridgehead atoms. The summed E-state index contributed by atoms with van der Waals surface area (Å²) < 4.78 is 5.17. The van der Waals surface area contributed by atoms with Gasteiger partial charge in [0.1, 0.15) is 5.75 Å². The highest BCUT2D eigenvalue weighted by molar-refractivity contribution is 5.84. The summed E-state index contributed by atoms with van der Waals surface area (Å²) in [6, 6.07) is 7.83. The first-order chi connectivity index (χ1) is 11.6. The van der Waals surface area contributed by atoms with Crippen LogP contribution in [0.1, 0.15) is 31.7 Å². The highest BCUT2D eigenvalue weighted by Gasteiger charge is 2.27. The van der Waals surface area contributed by atoms with E-state index in [1.54, 1.807) is 16.9 Å². The zero-order valence-corrected chi connectivity index (χ0v) is 14.7. The molecule has 1 fully saturated rings. The van der Waals surface area contributed by atoms with Crippen molar-refractivity contribution in [1.82, 2.24) is 15.1 Å². The number of carbonyl (C=O) groups is 2. The molecule has 6 heteroatoms. The number of rotatable bonds is 6. The van der Waals surface area contributed by atoms with Gasteiger partial charge in [-0.25, -0.2) is 4.79 Å². The molecule has 1 N–H and O–H groups in total. The predicted molar refractivity (Wildman–Crippen MR) is 93.3 cm³/mol. The summed E-state index contributed by atoms with van der Waals surface area (Å²) in [4.78, 5) is 27.7. The number of methoxy groups -OCH3 is 1. The molecule has 132 valence electrons. The number of hydrogen-bond donors (Lipinski definition) is 1. The molecule has 6 nitrogen and oxygen atoms in total. The first-order valence-corrected chi connectivity index (χ1v) is 8.53. The summed E-state index contributed by atoms with van der Waals surface area (Å²) in [5.41, 5.74) is 1.21. The molecule has 1 aliphatic rings. The van der Waals surface area contributed by atoms with Crippen molar-refractivity contribution in [1.29, 1.82) is 0 Å². The molecule has 0 aromatic heterocycles. The summed E-state index contributed by atoms with van der Waals surface area (Å²) in [5, 5.41) is 2.74. The Kier molecular flexibility index (Phi) is 6.46. The van der Waals surface area contributed by atoms with Crippen molar-refractivity contribution in [3.8, 4) is 5.75 Å². The molecular weight excluding hydrogens is 306 g/mol. The molecule has 1 aromatic carbocycles. The van der Waals surface area contributed by atoms with Crippen molar-refractivity contribution >= 4 is 11.9 Å². The number of ether oxygens (including phenoxy) is 1. The Morgan fingerprint density at radius 1 is 1.25 bits per heavy atom. The lowest BCUT2D eigenvalue weighted by Gasteiger charge is -2.21. The highest BCUT2D eigenvalue weighted by Crippen LogP contribution is 2.28. The number of likely N-dealkylation sites (tertiary alicyclic amines) is 1. The maximum Gasteiger partial charge on any atom is 0.317 e. The van der Waals surface area contributed by atoms with Crippen molar-refractivity contribution in [2.45, 2.75) is 26.2 Å². The van der Waals surface area contributed by atoms with Crippen molar-refractivity contribution in [3.05, 3.63) is 29.8 Å². The van der Waals surface area contributed by atoms with Crippen molar-refractivity contribution < 1.29 is 14.3 Å². The average molecular weight is 333 g/mol. The minimum atomic E-state index is -0.161. The molecule has 1 saturated heterocycles. The smallest absolute Gasteiger partial charge is 0.317 e. The van der Waals surface area contributed by atoms with Crippen LogP contribution in [-0.4, -0.2) is 61.6 Å². The highest BCUT2D eigenvalue weighted by atomic mass is 16.5. The van der Waals surface area contributed by atoms with Crippen LogP contribution in [-0.2, 0) is 4.79 Å². The maximum absolute atomic E-state index is 12.3. The molecule has 3 amide bonds. The lowest BCUT2D eigenvalue weighted by molar-refractivity contribution is -0.129. The number of likely N-dealkylation sites (N-methyl/N-ethyl adjacent to an activating group) is 1. The fraction of sp³-hybridized carbons (Fsp3) is 0.556. The number of carbonyl (C=O) groups excluding carboxylic acids is 2. The van der Waals surface area contributed by atoms with Crippen LogP contribution >= 0.6 is 0 Å². The molecule has 1 atom stereocenters. The Bertz CT molecular complexity index is 555. The van der Waals surface area contributed by atoms with Gasteiger partial charge in [0, 0.05) is 32.1 Å². The Hall–Kier alpha value is -2.24. The number of urea groups is 1. The summed E-state index contributed by atoms with van der Waals surface area (Å²) in [5.74, 6) is 1.13. The Balaban J connectivity index is 1.83. The molecule has 0 aliphatic carbocycles. The van der Waals surface area contributed by atoms with Crippen LogP contribution in [0.4, 0.5) is 4.79 Å². The predicted octanol–water partition coefficient (Wildman–Crippen LogP) is 2.06. The van der Waals surface area contributed by atoms with Gasteiger partial charge < -0.3 is 19.9 Å². The van der Waals surface area contributed by atoms with Gasteiger partial charge in [0.15, 0.2) is 0 Å². The average Bonchev–Trinajstić information content (AvgIpc) is 3.11. The monoisotopic (exact) mass is 333 g/mol. The minimum absolute atomic E-state index is 0.0424. The van der Waals surface area contributed by atoms with Crippen LogP contribution in [0.15, 0.2) is 24.3 Å². The Morgan fingerprint density at radius 3 is 2.50 bits per heavy atom. The van der Waals surface area contributed by atoms with E-state index in [4.69, 9.17) is 4.74 Å². The van der Waals surface area contributed by atoms with Crippen LogP contribution in [0.2, 0.25) is 0 Å². The number of benzene rings is 1.